The van der Waals surface area contributed by atoms with E-state index in [1.165, 1.54) is 6.42 Å². The molecular weight excluding hydrogens is 314 g/mol. The number of anilines is 2. The predicted molar refractivity (Wildman–Crippen MR) is 100 cm³/mol. The molecule has 0 saturated carbocycles. The lowest BCUT2D eigenvalue weighted by Gasteiger charge is -2.25. The third-order valence-corrected chi connectivity index (χ3v) is 4.47. The Morgan fingerprint density at radius 1 is 1.04 bits per heavy atom. The minimum Gasteiger partial charge on any atom is -0.445 e. The fourth-order valence-corrected chi connectivity index (χ4v) is 2.92. The molecule has 5 nitrogen and oxygen atoms in total. The van der Waals surface area contributed by atoms with Gasteiger partial charge >= 0.3 is 6.09 Å². The van der Waals surface area contributed by atoms with Gasteiger partial charge < -0.3 is 20.7 Å². The molecule has 0 bridgehead atoms. The standard InChI is InChI=1S/C20H25N3O2/c21-19-7-3-2-6-17(19)14-22-18-10-8-16(9-11-18)15-25-20(24)23-12-4-1-5-13-23/h2-3,6-11,22H,1,4-5,12-15,21H2. The van der Waals surface area contributed by atoms with Gasteiger partial charge in [-0.25, -0.2) is 4.79 Å². The number of amides is 1. The number of ether oxygens (including phenoxy) is 1. The molecule has 1 aliphatic heterocycles. The third kappa shape index (κ3) is 4.89. The summed E-state index contributed by atoms with van der Waals surface area (Å²) in [7, 11) is 0. The molecule has 1 aliphatic rings. The first kappa shape index (κ1) is 17.1. The molecule has 1 heterocycles. The van der Waals surface area contributed by atoms with Crippen molar-refractivity contribution < 1.29 is 9.53 Å². The molecule has 5 heteroatoms. The van der Waals surface area contributed by atoms with E-state index >= 15 is 0 Å². The number of piperidine rings is 1. The number of para-hydroxylation sites is 1. The predicted octanol–water partition coefficient (Wildman–Crippen LogP) is 4.00. The number of rotatable bonds is 5. The van der Waals surface area contributed by atoms with Crippen LogP contribution in [0.3, 0.4) is 0 Å². The molecule has 1 saturated heterocycles. The van der Waals surface area contributed by atoms with Crippen molar-refractivity contribution in [3.8, 4) is 0 Å². The van der Waals surface area contributed by atoms with E-state index in [1.54, 1.807) is 4.90 Å². The topological polar surface area (TPSA) is 67.6 Å². The first-order valence-electron chi connectivity index (χ1n) is 8.80. The Labute approximate surface area is 148 Å². The second kappa shape index (κ2) is 8.42. The van der Waals surface area contributed by atoms with Gasteiger partial charge in [-0.3, -0.25) is 0 Å². The maximum Gasteiger partial charge on any atom is 0.410 e. The second-order valence-corrected chi connectivity index (χ2v) is 6.35. The van der Waals surface area contributed by atoms with Gasteiger partial charge in [0.15, 0.2) is 0 Å². The second-order valence-electron chi connectivity index (χ2n) is 6.35. The van der Waals surface area contributed by atoms with Crippen molar-refractivity contribution in [2.24, 2.45) is 0 Å². The minimum absolute atomic E-state index is 0.207. The summed E-state index contributed by atoms with van der Waals surface area (Å²) in [5.74, 6) is 0. The molecule has 25 heavy (non-hydrogen) atoms. The number of hydrogen-bond donors (Lipinski definition) is 2. The highest BCUT2D eigenvalue weighted by atomic mass is 16.6. The number of nitrogen functional groups attached to an aromatic ring is 1. The smallest absolute Gasteiger partial charge is 0.410 e. The number of nitrogens with one attached hydrogen (secondary N) is 1. The number of benzene rings is 2. The molecule has 132 valence electrons. The van der Waals surface area contributed by atoms with Crippen molar-refractivity contribution >= 4 is 17.5 Å². The van der Waals surface area contributed by atoms with Crippen LogP contribution in [0.4, 0.5) is 16.2 Å². The Morgan fingerprint density at radius 3 is 2.48 bits per heavy atom. The average Bonchev–Trinajstić information content (AvgIpc) is 2.67. The fourth-order valence-electron chi connectivity index (χ4n) is 2.92. The van der Waals surface area contributed by atoms with Gasteiger partial charge in [0.1, 0.15) is 6.61 Å². The van der Waals surface area contributed by atoms with Gasteiger partial charge in [-0.1, -0.05) is 30.3 Å². The van der Waals surface area contributed by atoms with Crippen LogP contribution in [0.1, 0.15) is 30.4 Å². The lowest BCUT2D eigenvalue weighted by atomic mass is 10.1. The molecular formula is C20H25N3O2. The molecule has 0 radical (unpaired) electrons. The van der Waals surface area contributed by atoms with E-state index in [0.29, 0.717) is 13.2 Å². The van der Waals surface area contributed by atoms with Gasteiger partial charge in [0, 0.05) is 31.0 Å². The van der Waals surface area contributed by atoms with Crippen LogP contribution in [0.2, 0.25) is 0 Å². The molecule has 0 spiro atoms. The van der Waals surface area contributed by atoms with E-state index in [2.05, 4.69) is 5.32 Å². The molecule has 0 aromatic heterocycles. The largest absolute Gasteiger partial charge is 0.445 e. The maximum absolute atomic E-state index is 12.0. The van der Waals surface area contributed by atoms with Crippen LogP contribution in [0.15, 0.2) is 48.5 Å². The Bertz CT molecular complexity index is 694. The summed E-state index contributed by atoms with van der Waals surface area (Å²) in [6.45, 7) is 2.60. The fraction of sp³-hybridized carbons (Fsp3) is 0.350. The zero-order valence-electron chi connectivity index (χ0n) is 14.4. The highest BCUT2D eigenvalue weighted by molar-refractivity contribution is 5.67. The summed E-state index contributed by atoms with van der Waals surface area (Å²) < 4.78 is 5.40. The molecule has 3 N–H and O–H groups in total. The normalized spacial score (nSPS) is 14.2. The van der Waals surface area contributed by atoms with Crippen LogP contribution < -0.4 is 11.1 Å². The molecule has 0 aliphatic carbocycles. The van der Waals surface area contributed by atoms with Gasteiger partial charge in [0.25, 0.3) is 0 Å². The van der Waals surface area contributed by atoms with E-state index in [0.717, 1.165) is 48.4 Å². The van der Waals surface area contributed by atoms with Gasteiger partial charge in [-0.05, 0) is 48.6 Å². The van der Waals surface area contributed by atoms with E-state index in [9.17, 15) is 4.79 Å². The molecule has 0 atom stereocenters. The number of hydrogen-bond acceptors (Lipinski definition) is 4. The molecule has 1 amide bonds. The summed E-state index contributed by atoms with van der Waals surface area (Å²) in [6, 6.07) is 15.7. The Balaban J connectivity index is 1.47. The molecule has 2 aromatic carbocycles. The van der Waals surface area contributed by atoms with Gasteiger partial charge in [-0.2, -0.15) is 0 Å². The quantitative estimate of drug-likeness (QED) is 0.808. The van der Waals surface area contributed by atoms with Crippen LogP contribution in [-0.2, 0) is 17.9 Å². The van der Waals surface area contributed by atoms with Crippen LogP contribution in [0.25, 0.3) is 0 Å². The van der Waals surface area contributed by atoms with Crippen LogP contribution in [-0.4, -0.2) is 24.1 Å². The average molecular weight is 339 g/mol. The van der Waals surface area contributed by atoms with Gasteiger partial charge in [-0.15, -0.1) is 0 Å². The maximum atomic E-state index is 12.0. The number of likely N-dealkylation sites (tertiary alicyclic amines) is 1. The SMILES string of the molecule is Nc1ccccc1CNc1ccc(COC(=O)N2CCCCC2)cc1. The Hall–Kier alpha value is -2.69. The van der Waals surface area contributed by atoms with Crippen molar-refractivity contribution in [3.63, 3.8) is 0 Å². The molecule has 1 fully saturated rings. The number of carbonyl (C=O) groups is 1. The summed E-state index contributed by atoms with van der Waals surface area (Å²) in [5, 5.41) is 3.35. The summed E-state index contributed by atoms with van der Waals surface area (Å²) in [5.41, 5.74) is 9.80. The highest BCUT2D eigenvalue weighted by Crippen LogP contribution is 2.16. The van der Waals surface area contributed by atoms with Gasteiger partial charge in [0.05, 0.1) is 0 Å². The molecule has 0 unspecified atom stereocenters. The van der Waals surface area contributed by atoms with E-state index in [-0.39, 0.29) is 6.09 Å². The van der Waals surface area contributed by atoms with Crippen molar-refractivity contribution in [2.75, 3.05) is 24.1 Å². The summed E-state index contributed by atoms with van der Waals surface area (Å²) in [4.78, 5) is 13.8. The molecule has 3 rings (SSSR count). The van der Waals surface area contributed by atoms with E-state index in [1.807, 2.05) is 48.5 Å². The van der Waals surface area contributed by atoms with Crippen LogP contribution >= 0.6 is 0 Å². The van der Waals surface area contributed by atoms with Gasteiger partial charge in [0.2, 0.25) is 0 Å². The monoisotopic (exact) mass is 339 g/mol. The highest BCUT2D eigenvalue weighted by Gasteiger charge is 2.17. The van der Waals surface area contributed by atoms with Crippen molar-refractivity contribution in [3.05, 3.63) is 59.7 Å². The zero-order valence-corrected chi connectivity index (χ0v) is 14.4. The summed E-state index contributed by atoms with van der Waals surface area (Å²) >= 11 is 0. The van der Waals surface area contributed by atoms with Crippen molar-refractivity contribution in [1.82, 2.24) is 4.90 Å². The van der Waals surface area contributed by atoms with E-state index < -0.39 is 0 Å². The number of carbonyl (C=O) groups excluding carboxylic acids is 1. The first-order chi connectivity index (χ1) is 12.2. The number of nitrogens with zero attached hydrogens (tertiary/aromatic N) is 1. The van der Waals surface area contributed by atoms with Crippen molar-refractivity contribution in [2.45, 2.75) is 32.4 Å². The lowest BCUT2D eigenvalue weighted by Crippen LogP contribution is -2.35. The Kier molecular flexibility index (Phi) is 5.77. The minimum atomic E-state index is -0.207. The first-order valence-corrected chi connectivity index (χ1v) is 8.80. The number of nitrogens with two attached hydrogens (primary N) is 1. The van der Waals surface area contributed by atoms with Crippen LogP contribution in [0, 0.1) is 0 Å². The Morgan fingerprint density at radius 2 is 1.76 bits per heavy atom. The lowest BCUT2D eigenvalue weighted by molar-refractivity contribution is 0.0894. The summed E-state index contributed by atoms with van der Waals surface area (Å²) in [6.07, 6.45) is 3.14. The van der Waals surface area contributed by atoms with Crippen molar-refractivity contribution in [1.29, 1.82) is 0 Å². The third-order valence-electron chi connectivity index (χ3n) is 4.47. The van der Waals surface area contributed by atoms with Crippen LogP contribution in [0.5, 0.6) is 0 Å². The van der Waals surface area contributed by atoms with E-state index in [4.69, 9.17) is 10.5 Å². The molecule has 2 aromatic rings. The zero-order chi connectivity index (χ0) is 17.5.